The van der Waals surface area contributed by atoms with Crippen LogP contribution in [0.1, 0.15) is 24.2 Å². The summed E-state index contributed by atoms with van der Waals surface area (Å²) in [5, 5.41) is 0.605. The van der Waals surface area contributed by atoms with Crippen LogP contribution in [0.4, 0.5) is 9.52 Å². The summed E-state index contributed by atoms with van der Waals surface area (Å²) in [6, 6.07) is 13.8. The fourth-order valence-corrected chi connectivity index (χ4v) is 3.34. The van der Waals surface area contributed by atoms with E-state index < -0.39 is 5.82 Å². The molecule has 3 rings (SSSR count). The van der Waals surface area contributed by atoms with Crippen molar-refractivity contribution in [1.82, 2.24) is 4.98 Å². The molecule has 23 heavy (non-hydrogen) atoms. The van der Waals surface area contributed by atoms with E-state index in [1.807, 2.05) is 38.1 Å². The Morgan fingerprint density at radius 2 is 1.87 bits per heavy atom. The molecule has 0 fully saturated rings. The Bertz CT molecular complexity index is 811. The maximum absolute atomic E-state index is 14.0. The summed E-state index contributed by atoms with van der Waals surface area (Å²) in [5.41, 5.74) is 0.926. The summed E-state index contributed by atoms with van der Waals surface area (Å²) in [4.78, 5) is 19.0. The Hall–Kier alpha value is -2.27. The van der Waals surface area contributed by atoms with Gasteiger partial charge in [-0.25, -0.2) is 9.37 Å². The molecule has 0 radical (unpaired) electrons. The van der Waals surface area contributed by atoms with Crippen molar-refractivity contribution < 1.29 is 9.18 Å². The summed E-state index contributed by atoms with van der Waals surface area (Å²) < 4.78 is 15.0. The molecule has 0 atom stereocenters. The minimum atomic E-state index is -0.507. The van der Waals surface area contributed by atoms with Gasteiger partial charge in [-0.1, -0.05) is 49.4 Å². The topological polar surface area (TPSA) is 33.2 Å². The zero-order chi connectivity index (χ0) is 16.4. The fraction of sp³-hybridized carbons (Fsp3) is 0.222. The number of rotatable bonds is 4. The van der Waals surface area contributed by atoms with Crippen LogP contribution in [0.5, 0.6) is 0 Å². The highest BCUT2D eigenvalue weighted by Crippen LogP contribution is 2.30. The third-order valence-electron chi connectivity index (χ3n) is 3.41. The number of carbonyl (C=O) groups is 1. The maximum atomic E-state index is 14.0. The normalized spacial score (nSPS) is 11.1. The molecule has 0 aliphatic rings. The van der Waals surface area contributed by atoms with Gasteiger partial charge in [-0.15, -0.1) is 0 Å². The van der Waals surface area contributed by atoms with Gasteiger partial charge in [-0.2, -0.15) is 0 Å². The molecule has 118 valence electrons. The molecule has 1 aromatic heterocycles. The van der Waals surface area contributed by atoms with Gasteiger partial charge in [-0.05, 0) is 30.2 Å². The first-order valence-electron chi connectivity index (χ1n) is 7.48. The summed E-state index contributed by atoms with van der Waals surface area (Å²) in [6.45, 7) is 4.54. The number of anilines is 1. The third kappa shape index (κ3) is 3.24. The zero-order valence-corrected chi connectivity index (χ0v) is 13.8. The second kappa shape index (κ2) is 6.46. The molecule has 0 spiro atoms. The van der Waals surface area contributed by atoms with Crippen molar-refractivity contribution in [3.05, 3.63) is 59.9 Å². The van der Waals surface area contributed by atoms with E-state index in [9.17, 15) is 9.18 Å². The van der Waals surface area contributed by atoms with Crippen LogP contribution in [0.15, 0.2) is 48.5 Å². The number of thiazole rings is 1. The van der Waals surface area contributed by atoms with Crippen LogP contribution in [-0.4, -0.2) is 17.4 Å². The molecule has 0 aliphatic heterocycles. The van der Waals surface area contributed by atoms with Crippen LogP contribution in [0.2, 0.25) is 0 Å². The lowest BCUT2D eigenvalue weighted by Gasteiger charge is -2.22. The molecule has 0 N–H and O–H groups in total. The molecular weight excluding hydrogens is 311 g/mol. The highest BCUT2D eigenvalue weighted by molar-refractivity contribution is 7.22. The van der Waals surface area contributed by atoms with Crippen molar-refractivity contribution >= 4 is 32.6 Å². The lowest BCUT2D eigenvalue weighted by atomic mass is 10.1. The van der Waals surface area contributed by atoms with Crippen molar-refractivity contribution in [2.75, 3.05) is 11.4 Å². The van der Waals surface area contributed by atoms with Crippen LogP contribution in [0, 0.1) is 11.7 Å². The number of para-hydroxylation sites is 1. The minimum absolute atomic E-state index is 0.0763. The summed E-state index contributed by atoms with van der Waals surface area (Å²) in [7, 11) is 0. The number of fused-ring (bicyclic) bond motifs is 1. The molecule has 0 bridgehead atoms. The lowest BCUT2D eigenvalue weighted by Crippen LogP contribution is -2.34. The van der Waals surface area contributed by atoms with E-state index in [0.29, 0.717) is 11.7 Å². The largest absolute Gasteiger partial charge is 0.284 e. The predicted molar refractivity (Wildman–Crippen MR) is 92.5 cm³/mol. The van der Waals surface area contributed by atoms with Gasteiger partial charge in [0.1, 0.15) is 5.82 Å². The molecular formula is C18H17FN2OS. The molecule has 0 saturated carbocycles. The van der Waals surface area contributed by atoms with E-state index in [0.717, 1.165) is 10.2 Å². The first-order valence-corrected chi connectivity index (χ1v) is 8.30. The van der Waals surface area contributed by atoms with E-state index >= 15 is 0 Å². The number of hydrogen-bond acceptors (Lipinski definition) is 3. The molecule has 2 aromatic carbocycles. The second-order valence-corrected chi connectivity index (χ2v) is 6.76. The molecule has 0 saturated heterocycles. The van der Waals surface area contributed by atoms with Crippen molar-refractivity contribution in [1.29, 1.82) is 0 Å². The van der Waals surface area contributed by atoms with E-state index in [1.54, 1.807) is 17.0 Å². The molecule has 3 aromatic rings. The summed E-state index contributed by atoms with van der Waals surface area (Å²) >= 11 is 1.45. The Morgan fingerprint density at radius 1 is 1.17 bits per heavy atom. The SMILES string of the molecule is CC(C)CN(C(=O)c1ccccc1F)c1nc2ccccc2s1. The molecule has 5 heteroatoms. The third-order valence-corrected chi connectivity index (χ3v) is 4.47. The molecule has 1 amide bonds. The molecule has 0 unspecified atom stereocenters. The molecule has 3 nitrogen and oxygen atoms in total. The lowest BCUT2D eigenvalue weighted by molar-refractivity contribution is 0.0980. The number of amides is 1. The van der Waals surface area contributed by atoms with E-state index in [1.165, 1.54) is 23.5 Å². The number of aromatic nitrogens is 1. The number of benzene rings is 2. The number of carbonyl (C=O) groups excluding carboxylic acids is 1. The number of nitrogens with zero attached hydrogens (tertiary/aromatic N) is 2. The highest BCUT2D eigenvalue weighted by Gasteiger charge is 2.24. The van der Waals surface area contributed by atoms with Crippen molar-refractivity contribution in [2.45, 2.75) is 13.8 Å². The van der Waals surface area contributed by atoms with Gasteiger partial charge in [-0.3, -0.25) is 9.69 Å². The van der Waals surface area contributed by atoms with Crippen molar-refractivity contribution in [3.63, 3.8) is 0 Å². The van der Waals surface area contributed by atoms with E-state index in [4.69, 9.17) is 0 Å². The minimum Gasteiger partial charge on any atom is -0.284 e. The summed E-state index contributed by atoms with van der Waals surface area (Å²) in [6.07, 6.45) is 0. The van der Waals surface area contributed by atoms with Crippen LogP contribution in [0.3, 0.4) is 0 Å². The highest BCUT2D eigenvalue weighted by atomic mass is 32.1. The van der Waals surface area contributed by atoms with Gasteiger partial charge >= 0.3 is 0 Å². The summed E-state index contributed by atoms with van der Waals surface area (Å²) in [5.74, 6) is -0.610. The van der Waals surface area contributed by atoms with Crippen LogP contribution in [0.25, 0.3) is 10.2 Å². The van der Waals surface area contributed by atoms with Gasteiger partial charge in [0.2, 0.25) is 0 Å². The average molecular weight is 328 g/mol. The van der Waals surface area contributed by atoms with E-state index in [2.05, 4.69) is 4.98 Å². The Kier molecular flexibility index (Phi) is 4.39. The van der Waals surface area contributed by atoms with E-state index in [-0.39, 0.29) is 17.4 Å². The number of halogens is 1. The first-order chi connectivity index (χ1) is 11.1. The van der Waals surface area contributed by atoms with Crippen LogP contribution >= 0.6 is 11.3 Å². The van der Waals surface area contributed by atoms with Gasteiger partial charge in [0.25, 0.3) is 5.91 Å². The Morgan fingerprint density at radius 3 is 2.57 bits per heavy atom. The van der Waals surface area contributed by atoms with Gasteiger partial charge < -0.3 is 0 Å². The van der Waals surface area contributed by atoms with Crippen molar-refractivity contribution in [2.24, 2.45) is 5.92 Å². The smallest absolute Gasteiger partial charge is 0.263 e. The molecule has 0 aliphatic carbocycles. The average Bonchev–Trinajstić information content (AvgIpc) is 2.96. The predicted octanol–water partition coefficient (Wildman–Crippen LogP) is 4.74. The number of hydrogen-bond donors (Lipinski definition) is 0. The fourth-order valence-electron chi connectivity index (χ4n) is 2.37. The maximum Gasteiger partial charge on any atom is 0.263 e. The van der Waals surface area contributed by atoms with Gasteiger partial charge in [0.05, 0.1) is 15.8 Å². The Labute approximate surface area is 138 Å². The van der Waals surface area contributed by atoms with Crippen LogP contribution in [-0.2, 0) is 0 Å². The first kappa shape index (κ1) is 15.6. The van der Waals surface area contributed by atoms with Crippen LogP contribution < -0.4 is 4.90 Å². The van der Waals surface area contributed by atoms with Gasteiger partial charge in [0.15, 0.2) is 5.13 Å². The zero-order valence-electron chi connectivity index (χ0n) is 13.0. The van der Waals surface area contributed by atoms with Gasteiger partial charge in [0, 0.05) is 6.54 Å². The van der Waals surface area contributed by atoms with Crippen molar-refractivity contribution in [3.8, 4) is 0 Å². The standard InChI is InChI=1S/C18H17FN2OS/c1-12(2)11-21(17(22)13-7-3-4-8-14(13)19)18-20-15-9-5-6-10-16(15)23-18/h3-10,12H,11H2,1-2H3. The Balaban J connectivity index is 2.03. The second-order valence-electron chi connectivity index (χ2n) is 5.75. The monoisotopic (exact) mass is 328 g/mol. The molecule has 1 heterocycles. The quantitative estimate of drug-likeness (QED) is 0.693.